The van der Waals surface area contributed by atoms with Gasteiger partial charge in [0.25, 0.3) is 0 Å². The van der Waals surface area contributed by atoms with Crippen LogP contribution in [0.3, 0.4) is 0 Å². The van der Waals surface area contributed by atoms with E-state index >= 15 is 39.5 Å². The fourth-order valence-electron chi connectivity index (χ4n) is 7.60. The van der Waals surface area contributed by atoms with Gasteiger partial charge in [-0.25, -0.2) is 93.4 Å². The first-order valence-corrected chi connectivity index (χ1v) is 19.0. The van der Waals surface area contributed by atoms with Gasteiger partial charge in [-0.2, -0.15) is 0 Å². The van der Waals surface area contributed by atoms with E-state index in [0.717, 1.165) is 6.07 Å². The summed E-state index contributed by atoms with van der Waals surface area (Å²) in [6, 6.07) is 2.80. The first-order chi connectivity index (χ1) is 32.1. The van der Waals surface area contributed by atoms with E-state index in [1.165, 1.54) is 9.24 Å². The van der Waals surface area contributed by atoms with E-state index in [0.29, 0.717) is 42.5 Å². The van der Waals surface area contributed by atoms with Crippen LogP contribution in [0.4, 0.5) is 83.4 Å². The summed E-state index contributed by atoms with van der Waals surface area (Å²) in [5, 5.41) is -1.27. The number of hydrogen-bond donors (Lipinski definition) is 2. The molecule has 3 aromatic heterocycles. The number of H-pyrrole nitrogens is 2. The topological polar surface area (TPSA) is 57.4 Å². The quantitative estimate of drug-likeness (QED) is 0.0799. The highest BCUT2D eigenvalue weighted by Gasteiger charge is 2.35. The van der Waals surface area contributed by atoms with Crippen molar-refractivity contribution in [2.24, 2.45) is 0 Å². The monoisotopic (exact) mass is 988 g/mol. The zero-order valence-electron chi connectivity index (χ0n) is 32.3. The van der Waals surface area contributed by atoms with E-state index < -0.39 is 205 Å². The zero-order chi connectivity index (χ0) is 49.3. The number of hydrogen-bond acceptors (Lipinski definition) is 2. The smallest absolute Gasteiger partial charge is 0.200 e. The van der Waals surface area contributed by atoms with Crippen LogP contribution >= 0.6 is 9.24 Å². The maximum Gasteiger partial charge on any atom is 0.200 e. The van der Waals surface area contributed by atoms with Gasteiger partial charge in [0.2, 0.25) is 17.5 Å². The number of aromatic amines is 2. The third-order valence-corrected chi connectivity index (χ3v) is 11.2. The highest BCUT2D eigenvalue weighted by Crippen LogP contribution is 2.44. The van der Waals surface area contributed by atoms with Crippen LogP contribution in [-0.4, -0.2) is 19.9 Å². The van der Waals surface area contributed by atoms with Gasteiger partial charge in [-0.05, 0) is 48.6 Å². The van der Waals surface area contributed by atoms with Crippen molar-refractivity contribution in [3.05, 3.63) is 158 Å². The molecule has 7 aromatic rings. The summed E-state index contributed by atoms with van der Waals surface area (Å²) < 4.78 is 289. The molecule has 0 spiro atoms. The molecule has 4 nitrogen and oxygen atoms in total. The Morgan fingerprint density at radius 3 is 0.676 bits per heavy atom. The Morgan fingerprint density at radius 2 is 0.441 bits per heavy atom. The molecular formula is C44H12F19N4P. The number of nitrogens with zero attached hydrogens (tertiary/aromatic N) is 2. The molecule has 2 aliphatic rings. The molecule has 0 saturated carbocycles. The highest BCUT2D eigenvalue weighted by molar-refractivity contribution is 7.27. The van der Waals surface area contributed by atoms with E-state index in [1.807, 2.05) is 0 Å². The fourth-order valence-corrected chi connectivity index (χ4v) is 7.87. The van der Waals surface area contributed by atoms with E-state index in [2.05, 4.69) is 19.9 Å². The Balaban J connectivity index is 1.60. The lowest BCUT2D eigenvalue weighted by Crippen LogP contribution is -2.13. The molecule has 0 saturated heterocycles. The summed E-state index contributed by atoms with van der Waals surface area (Å²) in [5.74, 6) is -47.6. The number of halogens is 19. The van der Waals surface area contributed by atoms with Crippen molar-refractivity contribution < 1.29 is 83.4 Å². The van der Waals surface area contributed by atoms with Crippen LogP contribution < -0.4 is 5.30 Å². The Hall–Kier alpha value is -7.42. The first kappa shape index (κ1) is 45.7. The fraction of sp³-hybridized carbons (Fsp3) is 0. The molecule has 0 radical (unpaired) electrons. The van der Waals surface area contributed by atoms with Gasteiger partial charge in [0.15, 0.2) is 87.3 Å². The molecule has 2 aliphatic heterocycles. The van der Waals surface area contributed by atoms with Crippen molar-refractivity contribution in [2.45, 2.75) is 0 Å². The Bertz CT molecular complexity index is 3120. The van der Waals surface area contributed by atoms with Crippen molar-refractivity contribution in [3.8, 4) is 44.5 Å². The normalized spacial score (nSPS) is 12.3. The average Bonchev–Trinajstić information content (AvgIpc) is 4.18. The van der Waals surface area contributed by atoms with Gasteiger partial charge in [0.05, 0.1) is 45.0 Å². The Labute approximate surface area is 366 Å². The number of fused-ring (bicyclic) bond motifs is 8. The predicted octanol–water partition coefficient (Wildman–Crippen LogP) is 13.5. The molecule has 8 bridgehead atoms. The molecule has 24 heteroatoms. The van der Waals surface area contributed by atoms with Gasteiger partial charge in [-0.3, -0.25) is 0 Å². The Kier molecular flexibility index (Phi) is 10.8. The number of aromatic nitrogens is 4. The lowest BCUT2D eigenvalue weighted by Gasteiger charge is -2.12. The molecular weight excluding hydrogens is 976 g/mol. The molecule has 0 fully saturated rings. The van der Waals surface area contributed by atoms with Crippen LogP contribution in [0.2, 0.25) is 0 Å². The molecule has 9 rings (SSSR count). The van der Waals surface area contributed by atoms with Gasteiger partial charge in [0, 0.05) is 49.6 Å². The van der Waals surface area contributed by atoms with E-state index in [9.17, 15) is 43.9 Å². The lowest BCUT2D eigenvalue weighted by molar-refractivity contribution is 0.381. The number of nitrogens with one attached hydrogen (secondary N) is 2. The summed E-state index contributed by atoms with van der Waals surface area (Å²) in [7, 11) is 1.43. The van der Waals surface area contributed by atoms with Crippen LogP contribution in [0.1, 0.15) is 22.8 Å². The second-order valence-electron chi connectivity index (χ2n) is 14.4. The molecule has 1 unspecified atom stereocenters. The van der Waals surface area contributed by atoms with E-state index in [-0.39, 0.29) is 0 Å². The minimum absolute atomic E-state index is 0.639. The van der Waals surface area contributed by atoms with Crippen LogP contribution in [0.25, 0.3) is 90.9 Å². The summed E-state index contributed by atoms with van der Waals surface area (Å²) >= 11 is 0. The van der Waals surface area contributed by atoms with Crippen molar-refractivity contribution in [1.29, 1.82) is 0 Å². The van der Waals surface area contributed by atoms with E-state index in [4.69, 9.17) is 0 Å². The van der Waals surface area contributed by atoms with Crippen LogP contribution in [0.5, 0.6) is 0 Å². The molecule has 0 aliphatic carbocycles. The highest BCUT2D eigenvalue weighted by atomic mass is 31.0. The third-order valence-electron chi connectivity index (χ3n) is 10.7. The summed E-state index contributed by atoms with van der Waals surface area (Å²) in [6.07, 6.45) is 2.69. The number of benzene rings is 4. The largest absolute Gasteiger partial charge is 0.354 e. The maximum absolute atomic E-state index is 16.1. The summed E-state index contributed by atoms with van der Waals surface area (Å²) in [4.78, 5) is 12.7. The molecule has 4 aromatic carbocycles. The maximum atomic E-state index is 16.1. The molecule has 346 valence electrons. The minimum atomic E-state index is -2.70. The Morgan fingerprint density at radius 1 is 0.250 bits per heavy atom. The predicted molar refractivity (Wildman–Crippen MR) is 209 cm³/mol. The summed E-state index contributed by atoms with van der Waals surface area (Å²) in [5.41, 5.74) is -18.9. The molecule has 5 heterocycles. The minimum Gasteiger partial charge on any atom is -0.354 e. The van der Waals surface area contributed by atoms with Crippen LogP contribution in [0.15, 0.2) is 24.3 Å². The third kappa shape index (κ3) is 6.52. The average molecular weight is 989 g/mol. The van der Waals surface area contributed by atoms with Gasteiger partial charge in [-0.15, -0.1) is 0 Å². The van der Waals surface area contributed by atoms with Gasteiger partial charge in [0.1, 0.15) is 5.82 Å². The SMILES string of the molecule is Fc1c(F)c(F)c(-c2c3nc(c(-c4c(F)c(F)c(F)c(F)c4F)c4ccc([nH]4)c(-c4c(F)c(F)c(F)c(P)c4F)c4nc(c(-c5c(F)c(F)c(F)c(F)c5F)c5ccc2[nH]5)C=C4)C=C3)c(F)c1F. The van der Waals surface area contributed by atoms with Crippen molar-refractivity contribution in [2.75, 3.05) is 0 Å². The molecule has 1 atom stereocenters. The summed E-state index contributed by atoms with van der Waals surface area (Å²) in [6.45, 7) is 0. The van der Waals surface area contributed by atoms with E-state index in [1.54, 1.807) is 0 Å². The first-order valence-electron chi connectivity index (χ1n) is 18.4. The van der Waals surface area contributed by atoms with Gasteiger partial charge >= 0.3 is 0 Å². The van der Waals surface area contributed by atoms with Gasteiger partial charge < -0.3 is 9.97 Å². The standard InChI is InChI=1S/C44H12F19N4P/c45-25-21(26(46)34(54)40(60)33(25)53)17-9-1-3-11(64-9)18(22-27(47)35(55)41(61)36(56)28(22)48)13-5-7-15(66-13)20(24-31(51)39(59)43(63)44(68)32(24)52)16-8-6-14(67-16)19(12-4-2-10(17)65-12)23-29(49)37(57)42(62)38(58)30(23)50/h1-8,64,67H,68H2. The van der Waals surface area contributed by atoms with Crippen molar-refractivity contribution >= 4 is 60.9 Å². The van der Waals surface area contributed by atoms with Crippen molar-refractivity contribution in [3.63, 3.8) is 0 Å². The zero-order valence-corrected chi connectivity index (χ0v) is 33.4. The number of rotatable bonds is 4. The lowest BCUT2D eigenvalue weighted by atomic mass is 10.0. The molecule has 68 heavy (non-hydrogen) atoms. The second-order valence-corrected chi connectivity index (χ2v) is 15.0. The van der Waals surface area contributed by atoms with Crippen LogP contribution in [0, 0.1) is 111 Å². The van der Waals surface area contributed by atoms with Crippen LogP contribution in [-0.2, 0) is 0 Å². The van der Waals surface area contributed by atoms with Crippen molar-refractivity contribution in [1.82, 2.24) is 19.9 Å². The molecule has 2 N–H and O–H groups in total. The molecule has 0 amide bonds. The second kappa shape index (κ2) is 16.1. The van der Waals surface area contributed by atoms with Gasteiger partial charge in [-0.1, -0.05) is 9.24 Å².